The highest BCUT2D eigenvalue weighted by molar-refractivity contribution is 7.33. The summed E-state index contributed by atoms with van der Waals surface area (Å²) < 4.78 is 33.5. The molecule has 310 valence electrons. The van der Waals surface area contributed by atoms with Gasteiger partial charge in [0.25, 0.3) is 6.71 Å². The summed E-state index contributed by atoms with van der Waals surface area (Å²) in [6, 6.07) is 48.0. The molecule has 0 N–H and O–H groups in total. The molecule has 0 unspecified atom stereocenters. The maximum absolute atomic E-state index is 15.7. The van der Waals surface area contributed by atoms with E-state index in [2.05, 4.69) is 130 Å². The average molecular weight is 843 g/mol. The van der Waals surface area contributed by atoms with E-state index in [0.29, 0.717) is 11.1 Å². The zero-order valence-electron chi connectivity index (χ0n) is 36.7. The van der Waals surface area contributed by atoms with Crippen molar-refractivity contribution in [3.05, 3.63) is 173 Å². The molecule has 1 saturated carbocycles. The van der Waals surface area contributed by atoms with Gasteiger partial charge in [0.1, 0.15) is 11.6 Å². The number of benzene rings is 7. The Kier molecular flexibility index (Phi) is 8.30. The predicted molar refractivity (Wildman–Crippen MR) is 263 cm³/mol. The van der Waals surface area contributed by atoms with Crippen LogP contribution in [0, 0.1) is 18.6 Å². The van der Waals surface area contributed by atoms with Gasteiger partial charge in [-0.1, -0.05) is 107 Å². The molecule has 3 aliphatic carbocycles. The number of aryl methyl sites for hydroxylation is 1. The quantitative estimate of drug-likeness (QED) is 0.163. The number of halogens is 2. The van der Waals surface area contributed by atoms with Crippen LogP contribution in [0.5, 0.6) is 0 Å². The van der Waals surface area contributed by atoms with Gasteiger partial charge in [-0.15, -0.1) is 11.3 Å². The zero-order valence-corrected chi connectivity index (χ0v) is 37.6. The van der Waals surface area contributed by atoms with E-state index >= 15 is 8.78 Å². The van der Waals surface area contributed by atoms with Crippen LogP contribution in [-0.2, 0) is 16.2 Å². The summed E-state index contributed by atoms with van der Waals surface area (Å²) in [6.07, 6.45) is 4.92. The topological polar surface area (TPSA) is 6.48 Å². The molecule has 5 aliphatic rings. The van der Waals surface area contributed by atoms with E-state index in [1.165, 1.54) is 68.9 Å². The molecule has 0 radical (unpaired) electrons. The van der Waals surface area contributed by atoms with E-state index in [1.807, 2.05) is 47.7 Å². The van der Waals surface area contributed by atoms with E-state index in [-0.39, 0.29) is 34.6 Å². The van der Waals surface area contributed by atoms with Crippen molar-refractivity contribution in [2.24, 2.45) is 0 Å². The SMILES string of the molecule is Cc1cc2c3c(c1)N(c1ccc(C(C)(C)C)cc1)c1c(sc4cc5c(cc14)C1(C)CCC5(C)CC1)B3c1cc(-c3ccccc3F)ccc1N2c1ccc(-c2ccccc2F)cc1. The van der Waals surface area contributed by atoms with Crippen LogP contribution in [0.1, 0.15) is 82.6 Å². The summed E-state index contributed by atoms with van der Waals surface area (Å²) >= 11 is 1.94. The van der Waals surface area contributed by atoms with Crippen molar-refractivity contribution in [3.63, 3.8) is 0 Å². The molecule has 1 aromatic heterocycles. The first kappa shape index (κ1) is 38.7. The van der Waals surface area contributed by atoms with Gasteiger partial charge in [-0.2, -0.15) is 0 Å². The van der Waals surface area contributed by atoms with E-state index < -0.39 is 0 Å². The highest BCUT2D eigenvalue weighted by Crippen LogP contribution is 2.58. The lowest BCUT2D eigenvalue weighted by atomic mass is 9.36. The number of hydrogen-bond acceptors (Lipinski definition) is 3. The number of thiophene rings is 1. The van der Waals surface area contributed by atoms with Gasteiger partial charge in [-0.05, 0) is 160 Å². The van der Waals surface area contributed by atoms with E-state index in [4.69, 9.17) is 0 Å². The number of fused-ring (bicyclic) bond motifs is 8. The van der Waals surface area contributed by atoms with Crippen LogP contribution in [-0.4, -0.2) is 6.71 Å². The molecule has 0 atom stereocenters. The minimum absolute atomic E-state index is 0.0141. The van der Waals surface area contributed by atoms with Gasteiger partial charge >= 0.3 is 0 Å². The van der Waals surface area contributed by atoms with Gasteiger partial charge in [0.05, 0.1) is 5.69 Å². The van der Waals surface area contributed by atoms with Crippen molar-refractivity contribution in [2.45, 2.75) is 83.5 Å². The van der Waals surface area contributed by atoms with Crippen LogP contribution in [0.25, 0.3) is 32.3 Å². The van der Waals surface area contributed by atoms with E-state index in [9.17, 15) is 0 Å². The molecule has 0 amide bonds. The Hall–Kier alpha value is -5.98. The van der Waals surface area contributed by atoms with Crippen LogP contribution < -0.4 is 25.5 Å². The number of rotatable bonds is 4. The highest BCUT2D eigenvalue weighted by Gasteiger charge is 2.50. The first-order chi connectivity index (χ1) is 30.3. The molecular weight excluding hydrogens is 794 g/mol. The molecule has 6 heteroatoms. The van der Waals surface area contributed by atoms with Crippen LogP contribution in [0.4, 0.5) is 42.9 Å². The van der Waals surface area contributed by atoms with Crippen molar-refractivity contribution < 1.29 is 8.78 Å². The van der Waals surface area contributed by atoms with Gasteiger partial charge in [0, 0.05) is 54.4 Å². The lowest BCUT2D eigenvalue weighted by Gasteiger charge is -2.52. The lowest BCUT2D eigenvalue weighted by molar-refractivity contribution is 0.188. The number of anilines is 6. The molecule has 2 bridgehead atoms. The summed E-state index contributed by atoms with van der Waals surface area (Å²) in [5.41, 5.74) is 17.9. The maximum atomic E-state index is 15.7. The van der Waals surface area contributed by atoms with Gasteiger partial charge in [0.2, 0.25) is 0 Å². The molecule has 63 heavy (non-hydrogen) atoms. The minimum Gasteiger partial charge on any atom is -0.311 e. The van der Waals surface area contributed by atoms with E-state index in [0.717, 1.165) is 50.6 Å². The third-order valence-corrected chi connectivity index (χ3v) is 16.4. The fourth-order valence-corrected chi connectivity index (χ4v) is 12.9. The molecule has 0 saturated heterocycles. The van der Waals surface area contributed by atoms with Crippen LogP contribution in [0.2, 0.25) is 0 Å². The van der Waals surface area contributed by atoms with Crippen molar-refractivity contribution in [2.75, 3.05) is 9.80 Å². The van der Waals surface area contributed by atoms with Crippen LogP contribution in [0.3, 0.4) is 0 Å². The number of hydrogen-bond donors (Lipinski definition) is 0. The molecule has 0 spiro atoms. The Morgan fingerprint density at radius 1 is 0.587 bits per heavy atom. The van der Waals surface area contributed by atoms with Crippen LogP contribution in [0.15, 0.2) is 140 Å². The molecule has 1 fully saturated rings. The van der Waals surface area contributed by atoms with Gasteiger partial charge in [0.15, 0.2) is 0 Å². The van der Waals surface area contributed by atoms with Gasteiger partial charge < -0.3 is 9.80 Å². The molecule has 3 heterocycles. The molecule has 2 nitrogen and oxygen atoms in total. The second kappa shape index (κ2) is 13.5. The first-order valence-corrected chi connectivity index (χ1v) is 23.3. The average Bonchev–Trinajstić information content (AvgIpc) is 3.65. The summed E-state index contributed by atoms with van der Waals surface area (Å²) in [5.74, 6) is -0.472. The summed E-state index contributed by atoms with van der Waals surface area (Å²) in [7, 11) is 0. The zero-order chi connectivity index (χ0) is 43.2. The Morgan fingerprint density at radius 2 is 1.13 bits per heavy atom. The Labute approximate surface area is 373 Å². The molecule has 2 aliphatic heterocycles. The Balaban J connectivity index is 1.15. The minimum atomic E-state index is -0.240. The van der Waals surface area contributed by atoms with Crippen molar-refractivity contribution >= 4 is 78.0 Å². The van der Waals surface area contributed by atoms with Gasteiger partial charge in [-0.3, -0.25) is 0 Å². The first-order valence-electron chi connectivity index (χ1n) is 22.5. The molecule has 7 aromatic carbocycles. The smallest absolute Gasteiger partial charge is 0.264 e. The monoisotopic (exact) mass is 842 g/mol. The molecule has 13 rings (SSSR count). The third-order valence-electron chi connectivity index (χ3n) is 15.2. The second-order valence-electron chi connectivity index (χ2n) is 20.2. The normalized spacial score (nSPS) is 19.5. The molecular formula is C57H49BF2N2S. The fraction of sp³-hybridized carbons (Fsp3) is 0.228. The predicted octanol–water partition coefficient (Wildman–Crippen LogP) is 14.3. The largest absolute Gasteiger partial charge is 0.311 e. The number of nitrogens with zero attached hydrogens (tertiary/aromatic N) is 2. The highest BCUT2D eigenvalue weighted by atomic mass is 32.1. The second-order valence-corrected chi connectivity index (χ2v) is 21.3. The fourth-order valence-electron chi connectivity index (χ4n) is 11.6. The summed E-state index contributed by atoms with van der Waals surface area (Å²) in [4.78, 5) is 4.94. The van der Waals surface area contributed by atoms with Crippen LogP contribution >= 0.6 is 11.3 Å². The van der Waals surface area contributed by atoms with Crippen molar-refractivity contribution in [1.29, 1.82) is 0 Å². The summed E-state index contributed by atoms with van der Waals surface area (Å²) in [6.45, 7) is 13.9. The standard InChI is InChI=1S/C57H49BF2N2S/c1-34-29-49-52-50(30-34)62(39-22-18-37(19-23-39)55(2,3)4)53-42-32-43-44(57(6)27-25-56(43,5)26-28-57)33-51(42)63-54(53)58(52)45-31-36(41-12-8-10-14-47(41)60)17-24-48(45)61(49)38-20-15-35(16-21-38)40-11-7-9-13-46(40)59/h7-24,29-33H,25-28H2,1-6H3. The Bertz CT molecular complexity index is 3190. The van der Waals surface area contributed by atoms with Crippen molar-refractivity contribution in [3.8, 4) is 22.3 Å². The Morgan fingerprint density at radius 3 is 1.75 bits per heavy atom. The van der Waals surface area contributed by atoms with E-state index in [1.54, 1.807) is 23.8 Å². The lowest BCUT2D eigenvalue weighted by Crippen LogP contribution is -2.60. The molecule has 8 aromatic rings. The third kappa shape index (κ3) is 5.72. The summed E-state index contributed by atoms with van der Waals surface area (Å²) in [5, 5.41) is 1.32. The van der Waals surface area contributed by atoms with Crippen molar-refractivity contribution in [1.82, 2.24) is 0 Å². The van der Waals surface area contributed by atoms with Gasteiger partial charge in [-0.25, -0.2) is 8.78 Å². The maximum Gasteiger partial charge on any atom is 0.264 e.